The number of aryl methyl sites for hydroxylation is 1. The summed E-state index contributed by atoms with van der Waals surface area (Å²) in [5.41, 5.74) is 2.19. The van der Waals surface area contributed by atoms with Crippen LogP contribution in [0, 0.1) is 5.92 Å². The quantitative estimate of drug-likeness (QED) is 0.877. The molecule has 0 radical (unpaired) electrons. The van der Waals surface area contributed by atoms with Gasteiger partial charge in [0.25, 0.3) is 0 Å². The lowest BCUT2D eigenvalue weighted by molar-refractivity contribution is 0.573. The Balaban J connectivity index is 1.74. The summed E-state index contributed by atoms with van der Waals surface area (Å²) in [5, 5.41) is 3.28. The number of fused-ring (bicyclic) bond motifs is 1. The Labute approximate surface area is 121 Å². The summed E-state index contributed by atoms with van der Waals surface area (Å²) in [6.07, 6.45) is 5.34. The first-order valence-electron chi connectivity index (χ1n) is 7.49. The van der Waals surface area contributed by atoms with Crippen molar-refractivity contribution in [2.45, 2.75) is 50.0 Å². The van der Waals surface area contributed by atoms with Gasteiger partial charge in [-0.15, -0.1) is 0 Å². The van der Waals surface area contributed by atoms with Crippen LogP contribution in [-0.4, -0.2) is 21.0 Å². The van der Waals surface area contributed by atoms with Crippen molar-refractivity contribution in [2.24, 2.45) is 5.92 Å². The van der Waals surface area contributed by atoms with Crippen LogP contribution in [0.2, 0.25) is 0 Å². The minimum Gasteiger partial charge on any atom is -0.385 e. The van der Waals surface area contributed by atoms with Crippen molar-refractivity contribution < 1.29 is 8.42 Å². The lowest BCUT2D eigenvalue weighted by Gasteiger charge is -2.18. The van der Waals surface area contributed by atoms with Crippen LogP contribution in [0.4, 0.5) is 5.69 Å². The van der Waals surface area contributed by atoms with Crippen LogP contribution in [-0.2, 0) is 16.4 Å². The maximum absolute atomic E-state index is 12.4. The highest BCUT2D eigenvalue weighted by atomic mass is 32.2. The number of nitrogens with one attached hydrogen (secondary N) is 2. The van der Waals surface area contributed by atoms with Crippen molar-refractivity contribution >= 4 is 15.7 Å². The van der Waals surface area contributed by atoms with E-state index in [0.717, 1.165) is 44.3 Å². The first-order valence-corrected chi connectivity index (χ1v) is 8.97. The average molecular weight is 294 g/mol. The van der Waals surface area contributed by atoms with Gasteiger partial charge in [-0.25, -0.2) is 13.1 Å². The summed E-state index contributed by atoms with van der Waals surface area (Å²) in [7, 11) is -3.37. The largest absolute Gasteiger partial charge is 0.385 e. The Morgan fingerprint density at radius 2 is 2.25 bits per heavy atom. The van der Waals surface area contributed by atoms with Crippen molar-refractivity contribution in [2.75, 3.05) is 11.9 Å². The molecule has 1 saturated carbocycles. The SMILES string of the molecule is CCCC1CC1NS(=O)(=O)c1ccc2c(c1)NCCC2. The van der Waals surface area contributed by atoms with Crippen LogP contribution in [0.25, 0.3) is 0 Å². The van der Waals surface area contributed by atoms with E-state index < -0.39 is 10.0 Å². The molecule has 1 aromatic rings. The van der Waals surface area contributed by atoms with Crippen molar-refractivity contribution in [3.8, 4) is 0 Å². The number of hydrogen-bond donors (Lipinski definition) is 2. The molecule has 110 valence electrons. The summed E-state index contributed by atoms with van der Waals surface area (Å²) in [6.45, 7) is 3.06. The second-order valence-electron chi connectivity index (χ2n) is 5.86. The molecule has 0 saturated heterocycles. The minimum atomic E-state index is -3.37. The van der Waals surface area contributed by atoms with E-state index in [4.69, 9.17) is 0 Å². The second kappa shape index (κ2) is 5.37. The normalized spacial score (nSPS) is 24.9. The number of benzene rings is 1. The van der Waals surface area contributed by atoms with Gasteiger partial charge in [-0.2, -0.15) is 0 Å². The molecule has 3 rings (SSSR count). The Morgan fingerprint density at radius 3 is 3.05 bits per heavy atom. The number of rotatable bonds is 5. The van der Waals surface area contributed by atoms with Crippen molar-refractivity contribution in [1.82, 2.24) is 4.72 Å². The van der Waals surface area contributed by atoms with Gasteiger partial charge in [0.05, 0.1) is 4.90 Å². The van der Waals surface area contributed by atoms with Crippen LogP contribution >= 0.6 is 0 Å². The molecular weight excluding hydrogens is 272 g/mol. The number of anilines is 1. The van der Waals surface area contributed by atoms with E-state index in [9.17, 15) is 8.42 Å². The van der Waals surface area contributed by atoms with Crippen LogP contribution in [0.3, 0.4) is 0 Å². The van der Waals surface area contributed by atoms with Gasteiger partial charge in [0.1, 0.15) is 0 Å². The zero-order valence-electron chi connectivity index (χ0n) is 11.9. The van der Waals surface area contributed by atoms with Crippen LogP contribution in [0.5, 0.6) is 0 Å². The Morgan fingerprint density at radius 1 is 1.40 bits per heavy atom. The first kappa shape index (κ1) is 13.9. The lowest BCUT2D eigenvalue weighted by atomic mass is 10.0. The van der Waals surface area contributed by atoms with E-state index in [-0.39, 0.29) is 6.04 Å². The molecule has 0 aromatic heterocycles. The Bertz CT molecular complexity index is 598. The first-order chi connectivity index (χ1) is 9.60. The summed E-state index contributed by atoms with van der Waals surface area (Å²) in [6, 6.07) is 5.58. The third kappa shape index (κ3) is 2.83. The molecule has 2 unspecified atom stereocenters. The molecule has 20 heavy (non-hydrogen) atoms. The summed E-state index contributed by atoms with van der Waals surface area (Å²) in [4.78, 5) is 0.382. The number of sulfonamides is 1. The highest BCUT2D eigenvalue weighted by molar-refractivity contribution is 7.89. The van der Waals surface area contributed by atoms with Gasteiger partial charge in [-0.05, 0) is 49.3 Å². The lowest BCUT2D eigenvalue weighted by Crippen LogP contribution is -2.27. The Kier molecular flexibility index (Phi) is 3.73. The van der Waals surface area contributed by atoms with Crippen molar-refractivity contribution in [3.63, 3.8) is 0 Å². The third-order valence-corrected chi connectivity index (χ3v) is 5.71. The van der Waals surface area contributed by atoms with E-state index in [1.54, 1.807) is 12.1 Å². The molecule has 1 aromatic carbocycles. The van der Waals surface area contributed by atoms with Crippen LogP contribution in [0.15, 0.2) is 23.1 Å². The van der Waals surface area contributed by atoms with Gasteiger partial charge < -0.3 is 5.32 Å². The van der Waals surface area contributed by atoms with Gasteiger partial charge in [-0.3, -0.25) is 0 Å². The maximum atomic E-state index is 12.4. The Hall–Kier alpha value is -1.07. The third-order valence-electron chi connectivity index (χ3n) is 4.22. The predicted octanol–water partition coefficient (Wildman–Crippen LogP) is 2.51. The average Bonchev–Trinajstić information content (AvgIpc) is 3.15. The van der Waals surface area contributed by atoms with Crippen molar-refractivity contribution in [3.05, 3.63) is 23.8 Å². The van der Waals surface area contributed by atoms with Gasteiger partial charge in [-0.1, -0.05) is 19.4 Å². The zero-order valence-corrected chi connectivity index (χ0v) is 12.7. The standard InChI is InChI=1S/C15H22N2O2S/c1-2-4-12-9-15(12)17-20(18,19)13-7-6-11-5-3-8-16-14(11)10-13/h6-7,10,12,15-17H,2-5,8-9H2,1H3. The highest BCUT2D eigenvalue weighted by Crippen LogP contribution is 2.36. The molecule has 5 heteroatoms. The summed E-state index contributed by atoms with van der Waals surface area (Å²) >= 11 is 0. The maximum Gasteiger partial charge on any atom is 0.240 e. The summed E-state index contributed by atoms with van der Waals surface area (Å²) in [5.74, 6) is 0.533. The fraction of sp³-hybridized carbons (Fsp3) is 0.600. The molecule has 1 aliphatic heterocycles. The topological polar surface area (TPSA) is 58.2 Å². The molecule has 0 amide bonds. The molecule has 1 fully saturated rings. The predicted molar refractivity (Wildman–Crippen MR) is 80.4 cm³/mol. The molecule has 2 N–H and O–H groups in total. The van der Waals surface area contributed by atoms with E-state index in [1.165, 1.54) is 5.56 Å². The molecule has 2 atom stereocenters. The molecule has 2 aliphatic rings. The van der Waals surface area contributed by atoms with Gasteiger partial charge in [0, 0.05) is 18.3 Å². The van der Waals surface area contributed by atoms with E-state index >= 15 is 0 Å². The monoisotopic (exact) mass is 294 g/mol. The zero-order chi connectivity index (χ0) is 14.2. The minimum absolute atomic E-state index is 0.143. The molecule has 0 spiro atoms. The van der Waals surface area contributed by atoms with Crippen LogP contribution < -0.4 is 10.0 Å². The summed E-state index contributed by atoms with van der Waals surface area (Å²) < 4.78 is 27.6. The van der Waals surface area contributed by atoms with E-state index in [0.29, 0.717) is 10.8 Å². The van der Waals surface area contributed by atoms with E-state index in [1.807, 2.05) is 6.07 Å². The molecule has 1 aliphatic carbocycles. The fourth-order valence-corrected chi connectivity index (χ4v) is 4.30. The molecule has 4 nitrogen and oxygen atoms in total. The highest BCUT2D eigenvalue weighted by Gasteiger charge is 2.39. The van der Waals surface area contributed by atoms with Gasteiger partial charge in [0.15, 0.2) is 0 Å². The second-order valence-corrected chi connectivity index (χ2v) is 7.58. The smallest absolute Gasteiger partial charge is 0.240 e. The van der Waals surface area contributed by atoms with Gasteiger partial charge in [0.2, 0.25) is 10.0 Å². The molecular formula is C15H22N2O2S. The van der Waals surface area contributed by atoms with Gasteiger partial charge >= 0.3 is 0 Å². The number of hydrogen-bond acceptors (Lipinski definition) is 3. The molecule has 0 bridgehead atoms. The fourth-order valence-electron chi connectivity index (χ4n) is 2.96. The molecule has 1 heterocycles. The van der Waals surface area contributed by atoms with E-state index in [2.05, 4.69) is 17.0 Å². The van der Waals surface area contributed by atoms with Crippen LogP contribution in [0.1, 0.15) is 38.2 Å². The van der Waals surface area contributed by atoms with Crippen molar-refractivity contribution in [1.29, 1.82) is 0 Å².